The highest BCUT2D eigenvalue weighted by Crippen LogP contribution is 2.31. The molecule has 7 nitrogen and oxygen atoms in total. The Kier molecular flexibility index (Phi) is 7.94. The molecule has 2 aromatic heterocycles. The van der Waals surface area contributed by atoms with Crippen molar-refractivity contribution in [1.29, 1.82) is 0 Å². The first kappa shape index (κ1) is 26.8. The lowest BCUT2D eigenvalue weighted by molar-refractivity contribution is -0.133. The minimum absolute atomic E-state index is 0.0562. The summed E-state index contributed by atoms with van der Waals surface area (Å²) in [5, 5.41) is 6.63. The van der Waals surface area contributed by atoms with Crippen LogP contribution in [0, 0.1) is 0 Å². The maximum absolute atomic E-state index is 13.3. The normalized spacial score (nSPS) is 17.9. The second-order valence-corrected chi connectivity index (χ2v) is 10.00. The van der Waals surface area contributed by atoms with Crippen molar-refractivity contribution in [3.63, 3.8) is 0 Å². The summed E-state index contributed by atoms with van der Waals surface area (Å²) in [6.07, 6.45) is -0.314. The Morgan fingerprint density at radius 1 is 1.00 bits per heavy atom. The van der Waals surface area contributed by atoms with E-state index in [9.17, 15) is 27.2 Å². The molecule has 0 spiro atoms. The van der Waals surface area contributed by atoms with Gasteiger partial charge in [-0.05, 0) is 72.9 Å². The first-order valence-corrected chi connectivity index (χ1v) is 13.1. The number of halogens is 4. The van der Waals surface area contributed by atoms with Crippen molar-refractivity contribution in [2.45, 2.75) is 63.5 Å². The van der Waals surface area contributed by atoms with Crippen LogP contribution < -0.4 is 5.32 Å². The Hall–Kier alpha value is -3.76. The predicted octanol–water partition coefficient (Wildman–Crippen LogP) is 5.37. The average molecular weight is 544 g/mol. The third-order valence-corrected chi connectivity index (χ3v) is 7.57. The number of rotatable bonds is 7. The number of piperidine rings is 1. The third-order valence-electron chi connectivity index (χ3n) is 7.57. The zero-order valence-corrected chi connectivity index (χ0v) is 21.2. The summed E-state index contributed by atoms with van der Waals surface area (Å²) in [5.41, 5.74) is 2.20. The van der Waals surface area contributed by atoms with Gasteiger partial charge in [-0.25, -0.2) is 17.6 Å². The fraction of sp³-hybridized carbons (Fsp3) is 0.429. The first-order chi connectivity index (χ1) is 18.8. The van der Waals surface area contributed by atoms with Crippen molar-refractivity contribution >= 4 is 11.8 Å². The van der Waals surface area contributed by atoms with E-state index in [-0.39, 0.29) is 17.9 Å². The van der Waals surface area contributed by atoms with Crippen LogP contribution in [0.4, 0.5) is 17.6 Å². The van der Waals surface area contributed by atoms with Crippen molar-refractivity contribution in [2.75, 3.05) is 13.1 Å². The third kappa shape index (κ3) is 5.97. The smallest absolute Gasteiger partial charge is 0.282 e. The Balaban J connectivity index is 1.19. The number of hydrogen-bond donors (Lipinski definition) is 1. The second kappa shape index (κ2) is 11.5. The summed E-state index contributed by atoms with van der Waals surface area (Å²) in [5.74, 6) is -0.601. The van der Waals surface area contributed by atoms with Crippen LogP contribution in [0.15, 0.2) is 48.7 Å². The number of fused-ring (bicyclic) bond motifs is 1. The number of hydrogen-bond acceptors (Lipinski definition) is 4. The Morgan fingerprint density at radius 2 is 1.77 bits per heavy atom. The molecule has 3 aromatic rings. The van der Waals surface area contributed by atoms with Crippen LogP contribution in [0.5, 0.6) is 0 Å². The van der Waals surface area contributed by atoms with Crippen molar-refractivity contribution in [1.82, 2.24) is 25.0 Å². The maximum Gasteiger partial charge on any atom is 0.282 e. The van der Waals surface area contributed by atoms with Crippen molar-refractivity contribution in [2.24, 2.45) is 0 Å². The fourth-order valence-corrected chi connectivity index (χ4v) is 5.51. The van der Waals surface area contributed by atoms with E-state index in [0.29, 0.717) is 42.4 Å². The molecule has 0 bridgehead atoms. The number of likely N-dealkylation sites (tertiary alicyclic amines) is 1. The number of nitrogens with one attached hydrogen (secondary N) is 1. The van der Waals surface area contributed by atoms with Crippen molar-refractivity contribution < 1.29 is 27.2 Å². The molecule has 3 heterocycles. The van der Waals surface area contributed by atoms with Gasteiger partial charge in [0.2, 0.25) is 5.91 Å². The molecular formula is C28H29F4N5O2. The van der Waals surface area contributed by atoms with Gasteiger partial charge in [-0.3, -0.25) is 19.3 Å². The van der Waals surface area contributed by atoms with Crippen LogP contribution in [0.1, 0.15) is 89.1 Å². The number of aromatic nitrogens is 3. The average Bonchev–Trinajstić information content (AvgIpc) is 3.38. The van der Waals surface area contributed by atoms with Gasteiger partial charge in [-0.15, -0.1) is 0 Å². The summed E-state index contributed by atoms with van der Waals surface area (Å²) in [7, 11) is 0. The molecule has 0 saturated carbocycles. The summed E-state index contributed by atoms with van der Waals surface area (Å²) >= 11 is 0. The number of pyridine rings is 1. The lowest BCUT2D eigenvalue weighted by Crippen LogP contribution is -2.40. The highest BCUT2D eigenvalue weighted by atomic mass is 19.3. The number of carbonyl (C=O) groups is 2. The number of alkyl halides is 4. The van der Waals surface area contributed by atoms with E-state index in [1.165, 1.54) is 10.5 Å². The van der Waals surface area contributed by atoms with Crippen LogP contribution in [-0.2, 0) is 17.8 Å². The molecule has 1 N–H and O–H groups in total. The molecule has 1 unspecified atom stereocenters. The van der Waals surface area contributed by atoms with E-state index in [4.69, 9.17) is 0 Å². The standard InChI is InChI=1S/C28H29F4N5O2/c29-26(30)22-15-24(27(31)32)37(35-22)16-25(38)36-12-9-17(10-13-36)19-8-11-33-23(14-19)28(39)34-21-7-3-5-18-4-1-2-6-20(18)21/h1-2,4,6,8,11,14-15,17,21,26-27H,3,5,7,9-10,12-13,16H2,(H,34,39). The maximum atomic E-state index is 13.3. The molecular weight excluding hydrogens is 514 g/mol. The van der Waals surface area contributed by atoms with Gasteiger partial charge in [-0.1, -0.05) is 24.3 Å². The zero-order chi connectivity index (χ0) is 27.5. The van der Waals surface area contributed by atoms with Gasteiger partial charge in [0.25, 0.3) is 18.8 Å². The monoisotopic (exact) mass is 543 g/mol. The number of aryl methyl sites for hydroxylation is 1. The lowest BCUT2D eigenvalue weighted by Gasteiger charge is -2.32. The van der Waals surface area contributed by atoms with E-state index >= 15 is 0 Å². The van der Waals surface area contributed by atoms with Crippen LogP contribution in [0.25, 0.3) is 0 Å². The Bertz CT molecular complexity index is 1340. The number of carbonyl (C=O) groups excluding carboxylic acids is 2. The fourth-order valence-electron chi connectivity index (χ4n) is 5.51. The van der Waals surface area contributed by atoms with Gasteiger partial charge >= 0.3 is 0 Å². The molecule has 206 valence electrons. The lowest BCUT2D eigenvalue weighted by atomic mass is 9.87. The SMILES string of the molecule is O=C(NC1CCCc2ccccc21)c1cc(C2CCN(C(=O)Cn3nc(C(F)F)cc3C(F)F)CC2)ccn1. The van der Waals surface area contributed by atoms with Crippen LogP contribution in [0.3, 0.4) is 0 Å². The van der Waals surface area contributed by atoms with E-state index in [0.717, 1.165) is 30.4 Å². The van der Waals surface area contributed by atoms with Gasteiger partial charge < -0.3 is 10.2 Å². The molecule has 1 fully saturated rings. The molecule has 1 aromatic carbocycles. The highest BCUT2D eigenvalue weighted by molar-refractivity contribution is 5.92. The minimum atomic E-state index is -3.02. The van der Waals surface area contributed by atoms with Gasteiger partial charge in [0.05, 0.1) is 6.04 Å². The predicted molar refractivity (Wildman–Crippen MR) is 135 cm³/mol. The number of nitrogens with zero attached hydrogens (tertiary/aromatic N) is 4. The van der Waals surface area contributed by atoms with E-state index in [2.05, 4.69) is 27.5 Å². The summed E-state index contributed by atoms with van der Waals surface area (Å²) in [6.45, 7) is 0.222. The molecule has 11 heteroatoms. The van der Waals surface area contributed by atoms with Crippen LogP contribution in [-0.4, -0.2) is 44.6 Å². The van der Waals surface area contributed by atoms with E-state index in [1.807, 2.05) is 18.2 Å². The largest absolute Gasteiger partial charge is 0.344 e. The molecule has 2 aliphatic rings. The Labute approximate surface area is 223 Å². The second-order valence-electron chi connectivity index (χ2n) is 10.00. The molecule has 1 atom stereocenters. The summed E-state index contributed by atoms with van der Waals surface area (Å²) < 4.78 is 53.0. The number of benzene rings is 1. The number of amides is 2. The molecule has 2 amide bonds. The highest BCUT2D eigenvalue weighted by Gasteiger charge is 2.28. The zero-order valence-electron chi connectivity index (χ0n) is 21.2. The van der Waals surface area contributed by atoms with Gasteiger partial charge in [-0.2, -0.15) is 5.10 Å². The Morgan fingerprint density at radius 3 is 2.51 bits per heavy atom. The molecule has 1 aliphatic heterocycles. The van der Waals surface area contributed by atoms with Crippen molar-refractivity contribution in [3.8, 4) is 0 Å². The minimum Gasteiger partial charge on any atom is -0.344 e. The van der Waals surface area contributed by atoms with Gasteiger partial charge in [0, 0.05) is 19.3 Å². The molecule has 39 heavy (non-hydrogen) atoms. The van der Waals surface area contributed by atoms with Crippen LogP contribution in [0.2, 0.25) is 0 Å². The molecule has 5 rings (SSSR count). The molecule has 0 radical (unpaired) electrons. The molecule has 1 saturated heterocycles. The molecule has 1 aliphatic carbocycles. The van der Waals surface area contributed by atoms with Crippen molar-refractivity contribution in [3.05, 3.63) is 82.4 Å². The van der Waals surface area contributed by atoms with E-state index in [1.54, 1.807) is 12.3 Å². The van der Waals surface area contributed by atoms with Gasteiger partial charge in [0.1, 0.15) is 23.6 Å². The first-order valence-electron chi connectivity index (χ1n) is 13.1. The van der Waals surface area contributed by atoms with E-state index < -0.39 is 36.7 Å². The van der Waals surface area contributed by atoms with Gasteiger partial charge in [0.15, 0.2) is 0 Å². The topological polar surface area (TPSA) is 80.1 Å². The quantitative estimate of drug-likeness (QED) is 0.407. The summed E-state index contributed by atoms with van der Waals surface area (Å²) in [6, 6.07) is 12.4. The summed E-state index contributed by atoms with van der Waals surface area (Å²) in [4.78, 5) is 31.6. The van der Waals surface area contributed by atoms with Crippen LogP contribution >= 0.6 is 0 Å².